The minimum atomic E-state index is -1.81. The van der Waals surface area contributed by atoms with Crippen molar-refractivity contribution in [1.82, 2.24) is 0 Å². The Balaban J connectivity index is 2.00. The van der Waals surface area contributed by atoms with E-state index in [2.05, 4.69) is 40.8 Å². The van der Waals surface area contributed by atoms with Crippen LogP contribution in [0.15, 0.2) is 24.3 Å². The molecule has 0 N–H and O–H groups in total. The number of hydrogen-bond donors (Lipinski definition) is 0. The van der Waals surface area contributed by atoms with Crippen molar-refractivity contribution in [3.63, 3.8) is 0 Å². The summed E-state index contributed by atoms with van der Waals surface area (Å²) in [4.78, 5) is 15.0. The van der Waals surface area contributed by atoms with E-state index in [1.807, 2.05) is 29.2 Å². The second kappa shape index (κ2) is 9.93. The van der Waals surface area contributed by atoms with Crippen molar-refractivity contribution in [3.05, 3.63) is 24.3 Å². The lowest BCUT2D eigenvalue weighted by molar-refractivity contribution is -0.127. The molecule has 0 fully saturated rings. The van der Waals surface area contributed by atoms with Gasteiger partial charge < -0.3 is 14.1 Å². The molecule has 1 aliphatic heterocycles. The monoisotopic (exact) mass is 405 g/mol. The summed E-state index contributed by atoms with van der Waals surface area (Å²) in [5.74, 6) is 0.890. The van der Waals surface area contributed by atoms with Crippen molar-refractivity contribution in [2.45, 2.75) is 90.5 Å². The summed E-state index contributed by atoms with van der Waals surface area (Å²) in [7, 11) is -1.81. The minimum Gasteiger partial charge on any atom is -0.478 e. The first-order valence-corrected chi connectivity index (χ1v) is 13.8. The van der Waals surface area contributed by atoms with Gasteiger partial charge in [-0.15, -0.1) is 0 Å². The molecule has 0 spiro atoms. The number of benzene rings is 1. The number of unbranched alkanes of at least 4 members (excludes halogenated alkanes) is 4. The fourth-order valence-corrected chi connectivity index (χ4v) is 4.26. The highest BCUT2D eigenvalue weighted by atomic mass is 28.4. The summed E-state index contributed by atoms with van der Waals surface area (Å²) in [5, 5.41) is 0.168. The highest BCUT2D eigenvalue weighted by Gasteiger charge is 2.38. The predicted molar refractivity (Wildman–Crippen MR) is 120 cm³/mol. The van der Waals surface area contributed by atoms with E-state index in [9.17, 15) is 4.79 Å². The number of carbonyl (C=O) groups is 1. The summed E-state index contributed by atoms with van der Waals surface area (Å²) < 4.78 is 12.3. The molecule has 1 heterocycles. The van der Waals surface area contributed by atoms with Crippen molar-refractivity contribution in [2.24, 2.45) is 0 Å². The van der Waals surface area contributed by atoms with Crippen molar-refractivity contribution in [2.75, 3.05) is 18.1 Å². The highest BCUT2D eigenvalue weighted by Crippen LogP contribution is 2.37. The van der Waals surface area contributed by atoms with Crippen LogP contribution in [-0.4, -0.2) is 33.5 Å². The standard InChI is InChI=1S/C23H39NO3Si/c1-7-8-9-10-13-17-24-19-14-11-12-15-20(19)27-21(22(24)25)16-18-26-28(5,6)23(2,3)4/h11-12,14-15,21H,7-10,13,16-18H2,1-6H3. The Morgan fingerprint density at radius 1 is 1.11 bits per heavy atom. The predicted octanol–water partition coefficient (Wildman–Crippen LogP) is 6.16. The van der Waals surface area contributed by atoms with E-state index in [-0.39, 0.29) is 10.9 Å². The van der Waals surface area contributed by atoms with Crippen LogP contribution in [0.2, 0.25) is 18.1 Å². The molecule has 0 bridgehead atoms. The molecule has 1 aromatic carbocycles. The molecule has 28 heavy (non-hydrogen) atoms. The maximum atomic E-state index is 13.1. The van der Waals surface area contributed by atoms with Crippen LogP contribution in [-0.2, 0) is 9.22 Å². The molecule has 1 atom stereocenters. The minimum absolute atomic E-state index is 0.0769. The molecule has 1 aliphatic rings. The SMILES string of the molecule is CCCCCCCN1C(=O)C(CCO[Si](C)(C)C(C)(C)C)Oc2ccccc21. The Bertz CT molecular complexity index is 639. The van der Waals surface area contributed by atoms with Gasteiger partial charge >= 0.3 is 0 Å². The highest BCUT2D eigenvalue weighted by molar-refractivity contribution is 6.74. The van der Waals surface area contributed by atoms with Crippen LogP contribution in [0.3, 0.4) is 0 Å². The summed E-state index contributed by atoms with van der Waals surface area (Å²) in [6, 6.07) is 7.90. The van der Waals surface area contributed by atoms with Crippen LogP contribution in [0.5, 0.6) is 5.75 Å². The van der Waals surface area contributed by atoms with Crippen LogP contribution in [0.4, 0.5) is 5.69 Å². The third kappa shape index (κ3) is 5.83. The Hall–Kier alpha value is -1.33. The molecule has 0 aromatic heterocycles. The molecule has 0 radical (unpaired) electrons. The van der Waals surface area contributed by atoms with Gasteiger partial charge in [0, 0.05) is 19.6 Å². The number of nitrogens with zero attached hydrogens (tertiary/aromatic N) is 1. The molecule has 5 heteroatoms. The van der Waals surface area contributed by atoms with Gasteiger partial charge in [0.25, 0.3) is 5.91 Å². The third-order valence-electron chi connectivity index (χ3n) is 6.10. The van der Waals surface area contributed by atoms with Crippen molar-refractivity contribution >= 4 is 19.9 Å². The first-order chi connectivity index (χ1) is 13.2. The van der Waals surface area contributed by atoms with E-state index in [0.29, 0.717) is 13.0 Å². The lowest BCUT2D eigenvalue weighted by atomic mass is 10.1. The Morgan fingerprint density at radius 2 is 1.79 bits per heavy atom. The average molecular weight is 406 g/mol. The molecule has 0 saturated heterocycles. The zero-order valence-corrected chi connectivity index (χ0v) is 19.7. The van der Waals surface area contributed by atoms with Crippen LogP contribution >= 0.6 is 0 Å². The van der Waals surface area contributed by atoms with Crippen LogP contribution in [0, 0.1) is 0 Å². The van der Waals surface area contributed by atoms with Crippen LogP contribution in [0.25, 0.3) is 0 Å². The maximum Gasteiger partial charge on any atom is 0.268 e. The Labute approximate surface area is 172 Å². The topological polar surface area (TPSA) is 38.8 Å². The second-order valence-electron chi connectivity index (χ2n) is 9.38. The lowest BCUT2D eigenvalue weighted by Gasteiger charge is -2.37. The van der Waals surface area contributed by atoms with Crippen LogP contribution in [0.1, 0.15) is 66.2 Å². The van der Waals surface area contributed by atoms with Gasteiger partial charge in [0.1, 0.15) is 5.75 Å². The van der Waals surface area contributed by atoms with Crippen molar-refractivity contribution < 1.29 is 14.0 Å². The van der Waals surface area contributed by atoms with Gasteiger partial charge in [-0.25, -0.2) is 0 Å². The summed E-state index contributed by atoms with van der Waals surface area (Å²) >= 11 is 0. The van der Waals surface area contributed by atoms with Gasteiger partial charge in [-0.3, -0.25) is 4.79 Å². The third-order valence-corrected chi connectivity index (χ3v) is 10.6. The molecular formula is C23H39NO3Si. The van der Waals surface area contributed by atoms with Crippen molar-refractivity contribution in [3.8, 4) is 5.75 Å². The lowest BCUT2D eigenvalue weighted by Crippen LogP contribution is -2.47. The van der Waals surface area contributed by atoms with E-state index in [1.165, 1.54) is 25.7 Å². The molecule has 4 nitrogen and oxygen atoms in total. The zero-order chi connectivity index (χ0) is 20.8. The fourth-order valence-electron chi connectivity index (χ4n) is 3.20. The zero-order valence-electron chi connectivity index (χ0n) is 18.7. The molecular weight excluding hydrogens is 366 g/mol. The van der Waals surface area contributed by atoms with Crippen LogP contribution < -0.4 is 9.64 Å². The number of anilines is 1. The molecule has 1 amide bonds. The average Bonchev–Trinajstić information content (AvgIpc) is 2.62. The normalized spacial score (nSPS) is 17.4. The van der Waals surface area contributed by atoms with E-state index < -0.39 is 14.4 Å². The molecule has 1 unspecified atom stereocenters. The quantitative estimate of drug-likeness (QED) is 0.345. The molecule has 2 rings (SSSR count). The Kier molecular flexibility index (Phi) is 8.14. The number of rotatable bonds is 10. The largest absolute Gasteiger partial charge is 0.478 e. The van der Waals surface area contributed by atoms with Gasteiger partial charge in [0.15, 0.2) is 14.4 Å². The number of hydrogen-bond acceptors (Lipinski definition) is 3. The van der Waals surface area contributed by atoms with E-state index in [0.717, 1.165) is 24.4 Å². The fraction of sp³-hybridized carbons (Fsp3) is 0.696. The first-order valence-electron chi connectivity index (χ1n) is 10.9. The number of fused-ring (bicyclic) bond motifs is 1. The van der Waals surface area contributed by atoms with Gasteiger partial charge in [-0.1, -0.05) is 65.5 Å². The van der Waals surface area contributed by atoms with Gasteiger partial charge in [-0.05, 0) is 36.7 Å². The number of carbonyl (C=O) groups excluding carboxylic acids is 1. The smallest absolute Gasteiger partial charge is 0.268 e. The summed E-state index contributed by atoms with van der Waals surface area (Å²) in [5.41, 5.74) is 0.907. The van der Waals surface area contributed by atoms with E-state index in [1.54, 1.807) is 0 Å². The van der Waals surface area contributed by atoms with Gasteiger partial charge in [-0.2, -0.15) is 0 Å². The second-order valence-corrected chi connectivity index (χ2v) is 14.2. The van der Waals surface area contributed by atoms with Crippen molar-refractivity contribution in [1.29, 1.82) is 0 Å². The number of para-hydroxylation sites is 2. The Morgan fingerprint density at radius 3 is 2.46 bits per heavy atom. The first kappa shape index (κ1) is 23.0. The molecule has 1 aromatic rings. The maximum absolute atomic E-state index is 13.1. The van der Waals surface area contributed by atoms with E-state index in [4.69, 9.17) is 9.16 Å². The van der Waals surface area contributed by atoms with Gasteiger partial charge in [0.2, 0.25) is 0 Å². The number of ether oxygens (including phenoxy) is 1. The number of amides is 1. The summed E-state index contributed by atoms with van der Waals surface area (Å²) in [6.45, 7) is 14.7. The van der Waals surface area contributed by atoms with Gasteiger partial charge in [0.05, 0.1) is 5.69 Å². The summed E-state index contributed by atoms with van der Waals surface area (Å²) in [6.07, 6.45) is 6.09. The molecule has 158 valence electrons. The molecule has 0 saturated carbocycles. The van der Waals surface area contributed by atoms with E-state index >= 15 is 0 Å². The molecule has 0 aliphatic carbocycles.